The lowest BCUT2D eigenvalue weighted by Gasteiger charge is -2.38. The molecule has 2 aromatic carbocycles. The topological polar surface area (TPSA) is 32.3 Å². The van der Waals surface area contributed by atoms with E-state index in [1.165, 1.54) is 11.1 Å². The summed E-state index contributed by atoms with van der Waals surface area (Å²) in [5, 5.41) is 3.51. The minimum Gasteiger partial charge on any atom is -0.382 e. The summed E-state index contributed by atoms with van der Waals surface area (Å²) in [5.74, 6) is 0.123. The zero-order chi connectivity index (χ0) is 15.5. The molecule has 1 aliphatic heterocycles. The third-order valence-electron chi connectivity index (χ3n) is 4.27. The number of hydrogen-bond donors (Lipinski definition) is 1. The van der Waals surface area contributed by atoms with Crippen LogP contribution in [0.15, 0.2) is 54.6 Å². The summed E-state index contributed by atoms with van der Waals surface area (Å²) in [6, 6.07) is 19.0. The molecule has 0 saturated carbocycles. The predicted octanol–water partition coefficient (Wildman–Crippen LogP) is 3.98. The quantitative estimate of drug-likeness (QED) is 0.928. The molecule has 114 valence electrons. The second kappa shape index (κ2) is 6.22. The Bertz CT molecular complexity index is 653. The molecular formula is C19H22N2O. The minimum absolute atomic E-state index is 0.123. The average molecular weight is 294 g/mol. The standard InChI is InChI=1S/C19H22N2O/c1-14-12-19(17-10-6-7-11-18(17)20-14)21(15(2)22)13-16-8-4-3-5-9-16/h3-11,14,19-20H,12-13H2,1-2H3/t14-,19-/m1/s1. The van der Waals surface area contributed by atoms with Crippen molar-refractivity contribution in [2.45, 2.75) is 38.9 Å². The molecule has 0 saturated heterocycles. The molecule has 1 aliphatic rings. The Balaban J connectivity index is 1.93. The highest BCUT2D eigenvalue weighted by Gasteiger charge is 2.30. The smallest absolute Gasteiger partial charge is 0.220 e. The molecule has 0 aliphatic carbocycles. The molecular weight excluding hydrogens is 272 g/mol. The summed E-state index contributed by atoms with van der Waals surface area (Å²) in [6.45, 7) is 4.49. The van der Waals surface area contributed by atoms with Crippen molar-refractivity contribution in [1.29, 1.82) is 0 Å². The van der Waals surface area contributed by atoms with Gasteiger partial charge in [0.25, 0.3) is 0 Å². The normalized spacial score (nSPS) is 19.9. The van der Waals surface area contributed by atoms with Crippen molar-refractivity contribution in [3.63, 3.8) is 0 Å². The number of amides is 1. The van der Waals surface area contributed by atoms with Gasteiger partial charge in [0.2, 0.25) is 5.91 Å². The van der Waals surface area contributed by atoms with Gasteiger partial charge in [0.05, 0.1) is 6.04 Å². The van der Waals surface area contributed by atoms with E-state index in [2.05, 4.69) is 36.5 Å². The summed E-state index contributed by atoms with van der Waals surface area (Å²) in [7, 11) is 0. The number of hydrogen-bond acceptors (Lipinski definition) is 2. The molecule has 0 fully saturated rings. The van der Waals surface area contributed by atoms with Crippen molar-refractivity contribution < 1.29 is 4.79 Å². The fourth-order valence-electron chi connectivity index (χ4n) is 3.22. The Hall–Kier alpha value is -2.29. The van der Waals surface area contributed by atoms with Gasteiger partial charge in [-0.3, -0.25) is 4.79 Å². The van der Waals surface area contributed by atoms with Gasteiger partial charge in [-0.25, -0.2) is 0 Å². The van der Waals surface area contributed by atoms with Gasteiger partial charge in [-0.1, -0.05) is 48.5 Å². The summed E-state index contributed by atoms with van der Waals surface area (Å²) in [4.78, 5) is 14.3. The van der Waals surface area contributed by atoms with Crippen LogP contribution in [0, 0.1) is 0 Å². The number of nitrogens with one attached hydrogen (secondary N) is 1. The van der Waals surface area contributed by atoms with Gasteiger partial charge < -0.3 is 10.2 Å². The van der Waals surface area contributed by atoms with Crippen LogP contribution in [-0.4, -0.2) is 16.8 Å². The van der Waals surface area contributed by atoms with E-state index >= 15 is 0 Å². The number of para-hydroxylation sites is 1. The second-order valence-corrected chi connectivity index (χ2v) is 6.02. The number of anilines is 1. The third-order valence-corrected chi connectivity index (χ3v) is 4.27. The van der Waals surface area contributed by atoms with E-state index in [1.54, 1.807) is 6.92 Å². The van der Waals surface area contributed by atoms with E-state index in [0.29, 0.717) is 12.6 Å². The Morgan fingerprint density at radius 1 is 1.14 bits per heavy atom. The van der Waals surface area contributed by atoms with Crippen molar-refractivity contribution in [3.8, 4) is 0 Å². The van der Waals surface area contributed by atoms with Gasteiger partial charge in [0, 0.05) is 25.2 Å². The lowest BCUT2D eigenvalue weighted by Crippen LogP contribution is -2.38. The highest BCUT2D eigenvalue weighted by atomic mass is 16.2. The molecule has 3 heteroatoms. The molecule has 0 spiro atoms. The summed E-state index contributed by atoms with van der Waals surface area (Å²) in [5.41, 5.74) is 3.53. The maximum Gasteiger partial charge on any atom is 0.220 e. The Kier molecular flexibility index (Phi) is 4.14. The average Bonchev–Trinajstić information content (AvgIpc) is 2.52. The van der Waals surface area contributed by atoms with E-state index < -0.39 is 0 Å². The molecule has 2 atom stereocenters. The van der Waals surface area contributed by atoms with Crippen LogP contribution < -0.4 is 5.32 Å². The van der Waals surface area contributed by atoms with Crippen LogP contribution in [-0.2, 0) is 11.3 Å². The van der Waals surface area contributed by atoms with Crippen molar-refractivity contribution in [1.82, 2.24) is 4.90 Å². The van der Waals surface area contributed by atoms with Crippen LogP contribution in [0.25, 0.3) is 0 Å². The molecule has 0 radical (unpaired) electrons. The summed E-state index contributed by atoms with van der Waals surface area (Å²) >= 11 is 0. The largest absolute Gasteiger partial charge is 0.382 e. The van der Waals surface area contributed by atoms with E-state index in [0.717, 1.165) is 12.1 Å². The first-order valence-electron chi connectivity index (χ1n) is 7.81. The molecule has 0 bridgehead atoms. The number of nitrogens with zero attached hydrogens (tertiary/aromatic N) is 1. The van der Waals surface area contributed by atoms with E-state index in [1.807, 2.05) is 35.2 Å². The lowest BCUT2D eigenvalue weighted by atomic mass is 9.92. The van der Waals surface area contributed by atoms with Gasteiger partial charge >= 0.3 is 0 Å². The molecule has 1 amide bonds. The van der Waals surface area contributed by atoms with Gasteiger partial charge in [0.15, 0.2) is 0 Å². The fourth-order valence-corrected chi connectivity index (χ4v) is 3.22. The van der Waals surface area contributed by atoms with Gasteiger partial charge in [0.1, 0.15) is 0 Å². The number of benzene rings is 2. The maximum atomic E-state index is 12.3. The first-order chi connectivity index (χ1) is 10.6. The maximum absolute atomic E-state index is 12.3. The molecule has 1 heterocycles. The zero-order valence-electron chi connectivity index (χ0n) is 13.1. The zero-order valence-corrected chi connectivity index (χ0v) is 13.1. The number of carbonyl (C=O) groups is 1. The lowest BCUT2D eigenvalue weighted by molar-refractivity contribution is -0.132. The molecule has 1 N–H and O–H groups in total. The Morgan fingerprint density at radius 2 is 1.82 bits per heavy atom. The first-order valence-corrected chi connectivity index (χ1v) is 7.81. The SMILES string of the molecule is CC(=O)N(Cc1ccccc1)[C@@H]1C[C@@H](C)Nc2ccccc21. The minimum atomic E-state index is 0.123. The molecule has 0 aromatic heterocycles. The van der Waals surface area contributed by atoms with E-state index in [-0.39, 0.29) is 11.9 Å². The fraction of sp³-hybridized carbons (Fsp3) is 0.316. The monoisotopic (exact) mass is 294 g/mol. The van der Waals surface area contributed by atoms with Crippen LogP contribution in [0.5, 0.6) is 0 Å². The van der Waals surface area contributed by atoms with Crippen LogP contribution in [0.3, 0.4) is 0 Å². The van der Waals surface area contributed by atoms with E-state index in [4.69, 9.17) is 0 Å². The first kappa shape index (κ1) is 14.6. The van der Waals surface area contributed by atoms with Crippen LogP contribution in [0.4, 0.5) is 5.69 Å². The van der Waals surface area contributed by atoms with Gasteiger partial charge in [-0.05, 0) is 30.5 Å². The highest BCUT2D eigenvalue weighted by molar-refractivity contribution is 5.74. The molecule has 3 rings (SSSR count). The van der Waals surface area contributed by atoms with Crippen LogP contribution >= 0.6 is 0 Å². The Labute approximate surface area is 132 Å². The van der Waals surface area contributed by atoms with Crippen molar-refractivity contribution in [2.24, 2.45) is 0 Å². The predicted molar refractivity (Wildman–Crippen MR) is 89.6 cm³/mol. The van der Waals surface area contributed by atoms with Crippen molar-refractivity contribution >= 4 is 11.6 Å². The number of fused-ring (bicyclic) bond motifs is 1. The highest BCUT2D eigenvalue weighted by Crippen LogP contribution is 2.37. The number of carbonyl (C=O) groups excluding carboxylic acids is 1. The van der Waals surface area contributed by atoms with Gasteiger partial charge in [-0.2, -0.15) is 0 Å². The second-order valence-electron chi connectivity index (χ2n) is 6.02. The van der Waals surface area contributed by atoms with Gasteiger partial charge in [-0.15, -0.1) is 0 Å². The molecule has 22 heavy (non-hydrogen) atoms. The number of rotatable bonds is 3. The molecule has 0 unspecified atom stereocenters. The molecule has 2 aromatic rings. The van der Waals surface area contributed by atoms with Crippen molar-refractivity contribution in [2.75, 3.05) is 5.32 Å². The summed E-state index contributed by atoms with van der Waals surface area (Å²) in [6.07, 6.45) is 0.934. The van der Waals surface area contributed by atoms with Crippen LogP contribution in [0.2, 0.25) is 0 Å². The summed E-state index contributed by atoms with van der Waals surface area (Å²) < 4.78 is 0. The van der Waals surface area contributed by atoms with Crippen LogP contribution in [0.1, 0.15) is 37.4 Å². The molecule has 3 nitrogen and oxygen atoms in total. The van der Waals surface area contributed by atoms with E-state index in [9.17, 15) is 4.79 Å². The Morgan fingerprint density at radius 3 is 2.55 bits per heavy atom. The third kappa shape index (κ3) is 2.98. The van der Waals surface area contributed by atoms with Crippen molar-refractivity contribution in [3.05, 3.63) is 65.7 Å².